The molecule has 1 fully saturated rings. The monoisotopic (exact) mass is 353 g/mol. The maximum Gasteiger partial charge on any atom is 0.236 e. The average Bonchev–Trinajstić information content (AvgIpc) is 2.72. The van der Waals surface area contributed by atoms with Gasteiger partial charge in [0.2, 0.25) is 5.91 Å². The molecule has 1 amide bonds. The predicted molar refractivity (Wildman–Crippen MR) is 105 cm³/mol. The van der Waals surface area contributed by atoms with E-state index in [2.05, 4.69) is 41.4 Å². The van der Waals surface area contributed by atoms with Crippen LogP contribution in [0.1, 0.15) is 18.5 Å². The third-order valence-electron chi connectivity index (χ3n) is 4.93. The fourth-order valence-electron chi connectivity index (χ4n) is 3.22. The Labute approximate surface area is 155 Å². The second-order valence-corrected chi connectivity index (χ2v) is 6.58. The molecule has 2 aromatic carbocycles. The number of piperazine rings is 1. The summed E-state index contributed by atoms with van der Waals surface area (Å²) in [5, 5.41) is 3.33. The highest BCUT2D eigenvalue weighted by Crippen LogP contribution is 2.20. The van der Waals surface area contributed by atoms with Gasteiger partial charge in [-0.25, -0.2) is 0 Å². The molecular weight excluding hydrogens is 326 g/mol. The maximum absolute atomic E-state index is 12.5. The van der Waals surface area contributed by atoms with Gasteiger partial charge >= 0.3 is 0 Å². The van der Waals surface area contributed by atoms with Gasteiger partial charge < -0.3 is 19.9 Å². The lowest BCUT2D eigenvalue weighted by atomic mass is 10.1. The molecule has 1 saturated heterocycles. The fourth-order valence-corrected chi connectivity index (χ4v) is 3.22. The van der Waals surface area contributed by atoms with Crippen molar-refractivity contribution in [2.45, 2.75) is 13.0 Å². The lowest BCUT2D eigenvalue weighted by Crippen LogP contribution is -2.51. The van der Waals surface area contributed by atoms with Gasteiger partial charge in [-0.15, -0.1) is 0 Å². The molecule has 1 N–H and O–H groups in total. The number of rotatable bonds is 6. The van der Waals surface area contributed by atoms with E-state index in [1.165, 1.54) is 11.3 Å². The first-order valence-electron chi connectivity index (χ1n) is 9.12. The van der Waals surface area contributed by atoms with E-state index in [4.69, 9.17) is 4.74 Å². The average molecular weight is 353 g/mol. The van der Waals surface area contributed by atoms with E-state index in [0.29, 0.717) is 6.54 Å². The van der Waals surface area contributed by atoms with E-state index in [1.54, 1.807) is 7.11 Å². The summed E-state index contributed by atoms with van der Waals surface area (Å²) in [5.41, 5.74) is 2.37. The molecule has 5 heteroatoms. The molecule has 0 bridgehead atoms. The summed E-state index contributed by atoms with van der Waals surface area (Å²) in [7, 11) is 1.67. The fraction of sp³-hybridized carbons (Fsp3) is 0.381. The Morgan fingerprint density at radius 3 is 2.31 bits per heavy atom. The van der Waals surface area contributed by atoms with E-state index in [1.807, 2.05) is 35.2 Å². The topological polar surface area (TPSA) is 44.8 Å². The van der Waals surface area contributed by atoms with Crippen LogP contribution in [-0.2, 0) is 4.79 Å². The Bertz CT molecular complexity index is 695. The first kappa shape index (κ1) is 18.3. The number of hydrogen-bond acceptors (Lipinski definition) is 4. The minimum atomic E-state index is 0.167. The normalized spacial score (nSPS) is 15.6. The quantitative estimate of drug-likeness (QED) is 0.867. The summed E-state index contributed by atoms with van der Waals surface area (Å²) in [6.07, 6.45) is 0. The molecule has 2 aromatic rings. The minimum Gasteiger partial charge on any atom is -0.497 e. The van der Waals surface area contributed by atoms with Crippen molar-refractivity contribution >= 4 is 11.6 Å². The second kappa shape index (κ2) is 8.72. The number of nitrogens with zero attached hydrogens (tertiary/aromatic N) is 2. The van der Waals surface area contributed by atoms with Gasteiger partial charge in [0.25, 0.3) is 0 Å². The van der Waals surface area contributed by atoms with Crippen LogP contribution in [0.15, 0.2) is 54.6 Å². The van der Waals surface area contributed by atoms with Crippen LogP contribution in [-0.4, -0.2) is 50.6 Å². The molecule has 3 rings (SSSR count). The van der Waals surface area contributed by atoms with Gasteiger partial charge in [-0.2, -0.15) is 0 Å². The molecule has 138 valence electrons. The van der Waals surface area contributed by atoms with E-state index >= 15 is 0 Å². The summed E-state index contributed by atoms with van der Waals surface area (Å²) >= 11 is 0. The Kier molecular flexibility index (Phi) is 6.12. The molecular formula is C21H27N3O2. The largest absolute Gasteiger partial charge is 0.497 e. The van der Waals surface area contributed by atoms with Gasteiger partial charge in [0.15, 0.2) is 0 Å². The Balaban J connectivity index is 1.45. The van der Waals surface area contributed by atoms with Gasteiger partial charge in [0.05, 0.1) is 13.7 Å². The molecule has 0 saturated carbocycles. The summed E-state index contributed by atoms with van der Waals surface area (Å²) in [6.45, 7) is 5.68. The summed E-state index contributed by atoms with van der Waals surface area (Å²) < 4.78 is 5.20. The molecule has 5 nitrogen and oxygen atoms in total. The zero-order valence-corrected chi connectivity index (χ0v) is 15.5. The number of nitrogens with one attached hydrogen (secondary N) is 1. The van der Waals surface area contributed by atoms with Crippen molar-refractivity contribution in [1.82, 2.24) is 10.2 Å². The lowest BCUT2D eigenvalue weighted by Gasteiger charge is -2.36. The summed E-state index contributed by atoms with van der Waals surface area (Å²) in [6, 6.07) is 18.5. The van der Waals surface area contributed by atoms with Gasteiger partial charge in [-0.05, 0) is 36.8 Å². The highest BCUT2D eigenvalue weighted by atomic mass is 16.5. The van der Waals surface area contributed by atoms with Crippen molar-refractivity contribution in [3.8, 4) is 5.75 Å². The molecule has 1 heterocycles. The van der Waals surface area contributed by atoms with Gasteiger partial charge in [-0.3, -0.25) is 4.79 Å². The van der Waals surface area contributed by atoms with Crippen LogP contribution >= 0.6 is 0 Å². The number of benzene rings is 2. The summed E-state index contributed by atoms with van der Waals surface area (Å²) in [5.74, 6) is 1.03. The number of hydrogen-bond donors (Lipinski definition) is 1. The van der Waals surface area contributed by atoms with Crippen LogP contribution in [0.2, 0.25) is 0 Å². The number of carbonyl (C=O) groups is 1. The Morgan fingerprint density at radius 1 is 1.04 bits per heavy atom. The predicted octanol–water partition coefficient (Wildman–Crippen LogP) is 2.69. The van der Waals surface area contributed by atoms with E-state index in [0.717, 1.165) is 31.9 Å². The smallest absolute Gasteiger partial charge is 0.236 e. The van der Waals surface area contributed by atoms with Crippen LogP contribution in [0.25, 0.3) is 0 Å². The molecule has 0 aromatic heterocycles. The van der Waals surface area contributed by atoms with Crippen molar-refractivity contribution in [1.29, 1.82) is 0 Å². The van der Waals surface area contributed by atoms with Gasteiger partial charge in [0.1, 0.15) is 5.75 Å². The van der Waals surface area contributed by atoms with E-state index in [9.17, 15) is 4.79 Å². The number of amides is 1. The molecule has 0 aliphatic carbocycles. The third-order valence-corrected chi connectivity index (χ3v) is 4.93. The van der Waals surface area contributed by atoms with Crippen LogP contribution in [0.4, 0.5) is 5.69 Å². The first-order valence-corrected chi connectivity index (χ1v) is 9.12. The Morgan fingerprint density at radius 2 is 1.69 bits per heavy atom. The maximum atomic E-state index is 12.5. The van der Waals surface area contributed by atoms with Crippen molar-refractivity contribution in [3.05, 3.63) is 60.2 Å². The molecule has 0 unspecified atom stereocenters. The molecule has 1 aliphatic rings. The number of methoxy groups -OCH3 is 1. The SMILES string of the molecule is COc1ccc(N2CCN(C(=O)CN[C@H](C)c3ccccc3)CC2)cc1. The molecule has 0 radical (unpaired) electrons. The van der Waals surface area contributed by atoms with E-state index in [-0.39, 0.29) is 11.9 Å². The van der Waals surface area contributed by atoms with Crippen molar-refractivity contribution in [2.24, 2.45) is 0 Å². The number of ether oxygens (including phenoxy) is 1. The van der Waals surface area contributed by atoms with Crippen molar-refractivity contribution < 1.29 is 9.53 Å². The second-order valence-electron chi connectivity index (χ2n) is 6.58. The van der Waals surface area contributed by atoms with Crippen molar-refractivity contribution in [3.63, 3.8) is 0 Å². The standard InChI is InChI=1S/C21H27N3O2/c1-17(18-6-4-3-5-7-18)22-16-21(25)24-14-12-23(13-15-24)19-8-10-20(26-2)11-9-19/h3-11,17,22H,12-16H2,1-2H3/t17-/m1/s1. The molecule has 0 spiro atoms. The first-order chi connectivity index (χ1) is 12.7. The number of carbonyl (C=O) groups excluding carboxylic acids is 1. The van der Waals surface area contributed by atoms with Crippen LogP contribution in [0.3, 0.4) is 0 Å². The molecule has 1 atom stereocenters. The molecule has 1 aliphatic heterocycles. The van der Waals surface area contributed by atoms with Crippen molar-refractivity contribution in [2.75, 3.05) is 44.7 Å². The highest BCUT2D eigenvalue weighted by molar-refractivity contribution is 5.78. The van der Waals surface area contributed by atoms with Crippen LogP contribution in [0, 0.1) is 0 Å². The zero-order chi connectivity index (χ0) is 18.4. The summed E-state index contributed by atoms with van der Waals surface area (Å²) in [4.78, 5) is 16.7. The van der Waals surface area contributed by atoms with Gasteiger partial charge in [0, 0.05) is 37.9 Å². The van der Waals surface area contributed by atoms with Gasteiger partial charge in [-0.1, -0.05) is 30.3 Å². The minimum absolute atomic E-state index is 0.167. The lowest BCUT2D eigenvalue weighted by molar-refractivity contribution is -0.130. The number of anilines is 1. The van der Waals surface area contributed by atoms with Crippen LogP contribution in [0.5, 0.6) is 5.75 Å². The Hall–Kier alpha value is -2.53. The zero-order valence-electron chi connectivity index (χ0n) is 15.5. The molecule has 26 heavy (non-hydrogen) atoms. The van der Waals surface area contributed by atoms with Crippen LogP contribution < -0.4 is 15.0 Å². The van der Waals surface area contributed by atoms with E-state index < -0.39 is 0 Å². The highest BCUT2D eigenvalue weighted by Gasteiger charge is 2.21. The third kappa shape index (κ3) is 4.55.